The zero-order chi connectivity index (χ0) is 26.6. The maximum atomic E-state index is 14.0. The molecule has 1 aliphatic rings. The van der Waals surface area contributed by atoms with E-state index < -0.39 is 17.7 Å². The average Bonchev–Trinajstić information content (AvgIpc) is 2.73. The number of amides is 3. The van der Waals surface area contributed by atoms with Gasteiger partial charge in [-0.2, -0.15) is 0 Å². The number of alkyl carbamates (subject to hydrolysis) is 1. The Bertz CT molecular complexity index is 1090. The van der Waals surface area contributed by atoms with Gasteiger partial charge < -0.3 is 20.3 Å². The van der Waals surface area contributed by atoms with Crippen LogP contribution in [0.4, 0.5) is 10.5 Å². The molecule has 0 radical (unpaired) electrons. The van der Waals surface area contributed by atoms with Crippen LogP contribution in [0.5, 0.6) is 0 Å². The minimum absolute atomic E-state index is 0.0781. The van der Waals surface area contributed by atoms with Gasteiger partial charge in [-0.15, -0.1) is 0 Å². The van der Waals surface area contributed by atoms with Crippen LogP contribution in [0.1, 0.15) is 73.9 Å². The molecular weight excluding hydrogens is 454 g/mol. The maximum absolute atomic E-state index is 14.0. The van der Waals surface area contributed by atoms with E-state index in [9.17, 15) is 14.4 Å². The molecule has 3 rings (SSSR count). The smallest absolute Gasteiger partial charge is 0.408 e. The van der Waals surface area contributed by atoms with Crippen LogP contribution >= 0.6 is 0 Å². The molecule has 1 atom stereocenters. The van der Waals surface area contributed by atoms with Crippen molar-refractivity contribution in [3.63, 3.8) is 0 Å². The number of carbonyl (C=O) groups excluding carboxylic acids is 3. The van der Waals surface area contributed by atoms with Crippen molar-refractivity contribution in [2.45, 2.75) is 85.4 Å². The van der Waals surface area contributed by atoms with Crippen molar-refractivity contribution >= 4 is 23.6 Å². The number of ether oxygens (including phenoxy) is 1. The summed E-state index contributed by atoms with van der Waals surface area (Å²) < 4.78 is 5.30. The third kappa shape index (κ3) is 6.45. The van der Waals surface area contributed by atoms with Gasteiger partial charge in [0, 0.05) is 11.7 Å². The van der Waals surface area contributed by atoms with Crippen molar-refractivity contribution < 1.29 is 19.1 Å². The Kier molecular flexibility index (Phi) is 8.43. The summed E-state index contributed by atoms with van der Waals surface area (Å²) in [6.45, 7) is 12.9. The van der Waals surface area contributed by atoms with E-state index in [-0.39, 0.29) is 24.4 Å². The molecule has 194 valence electrons. The van der Waals surface area contributed by atoms with Gasteiger partial charge in [-0.1, -0.05) is 36.4 Å². The van der Waals surface area contributed by atoms with E-state index in [0.717, 1.165) is 52.8 Å². The van der Waals surface area contributed by atoms with E-state index in [1.165, 1.54) is 0 Å². The number of carbonyl (C=O) groups is 3. The SMILES string of the molecule is Cc1cccc(C)c1NC(=O)C(c1c(C)cccc1C)N(C(=O)CNC(=O)OC(C)(C)C)C1CCC1. The molecule has 0 heterocycles. The van der Waals surface area contributed by atoms with Crippen LogP contribution in [0.25, 0.3) is 0 Å². The lowest BCUT2D eigenvalue weighted by Gasteiger charge is -2.43. The molecule has 2 aromatic carbocycles. The van der Waals surface area contributed by atoms with Crippen LogP contribution in [0.3, 0.4) is 0 Å². The Morgan fingerprint density at radius 3 is 1.94 bits per heavy atom. The summed E-state index contributed by atoms with van der Waals surface area (Å²) in [5.41, 5.74) is 4.69. The van der Waals surface area contributed by atoms with Gasteiger partial charge in [0.05, 0.1) is 0 Å². The molecule has 0 saturated heterocycles. The van der Waals surface area contributed by atoms with Crippen LogP contribution in [0, 0.1) is 27.7 Å². The van der Waals surface area contributed by atoms with Crippen molar-refractivity contribution in [3.05, 3.63) is 64.2 Å². The lowest BCUT2D eigenvalue weighted by atomic mass is 9.86. The van der Waals surface area contributed by atoms with Crippen molar-refractivity contribution in [2.75, 3.05) is 11.9 Å². The number of hydrogen-bond acceptors (Lipinski definition) is 4. The number of para-hydroxylation sites is 1. The molecule has 1 fully saturated rings. The Morgan fingerprint density at radius 1 is 0.944 bits per heavy atom. The Balaban J connectivity index is 1.99. The van der Waals surface area contributed by atoms with E-state index in [1.807, 2.05) is 64.1 Å². The molecule has 0 aliphatic heterocycles. The number of hydrogen-bond donors (Lipinski definition) is 2. The second-order valence-electron chi connectivity index (χ2n) is 10.7. The summed E-state index contributed by atoms with van der Waals surface area (Å²) in [5, 5.41) is 5.70. The van der Waals surface area contributed by atoms with Crippen LogP contribution in [-0.2, 0) is 14.3 Å². The van der Waals surface area contributed by atoms with Crippen molar-refractivity contribution in [2.24, 2.45) is 0 Å². The van der Waals surface area contributed by atoms with Gasteiger partial charge in [-0.25, -0.2) is 4.79 Å². The molecule has 3 amide bonds. The third-order valence-electron chi connectivity index (χ3n) is 6.61. The Morgan fingerprint density at radius 2 is 1.47 bits per heavy atom. The van der Waals surface area contributed by atoms with Gasteiger partial charge in [-0.3, -0.25) is 9.59 Å². The molecule has 2 N–H and O–H groups in total. The van der Waals surface area contributed by atoms with Gasteiger partial charge in [0.25, 0.3) is 5.91 Å². The molecule has 1 saturated carbocycles. The first-order valence-corrected chi connectivity index (χ1v) is 12.6. The predicted octanol–water partition coefficient (Wildman–Crippen LogP) is 5.51. The third-order valence-corrected chi connectivity index (χ3v) is 6.61. The molecule has 0 bridgehead atoms. The molecule has 2 aromatic rings. The molecule has 7 heteroatoms. The van der Waals surface area contributed by atoms with Gasteiger partial charge in [-0.05, 0) is 95.5 Å². The monoisotopic (exact) mass is 493 g/mol. The summed E-state index contributed by atoms with van der Waals surface area (Å²) in [5.74, 6) is -0.572. The highest BCUT2D eigenvalue weighted by molar-refractivity contribution is 6.00. The summed E-state index contributed by atoms with van der Waals surface area (Å²) in [4.78, 5) is 41.6. The largest absolute Gasteiger partial charge is 0.444 e. The molecule has 0 spiro atoms. The maximum Gasteiger partial charge on any atom is 0.408 e. The Hall–Kier alpha value is -3.35. The number of benzene rings is 2. The van der Waals surface area contributed by atoms with Crippen LogP contribution in [0.15, 0.2) is 36.4 Å². The van der Waals surface area contributed by atoms with E-state index in [0.29, 0.717) is 0 Å². The zero-order valence-corrected chi connectivity index (χ0v) is 22.5. The second kappa shape index (κ2) is 11.1. The first kappa shape index (κ1) is 27.2. The highest BCUT2D eigenvalue weighted by atomic mass is 16.6. The lowest BCUT2D eigenvalue weighted by molar-refractivity contribution is -0.143. The summed E-state index contributed by atoms with van der Waals surface area (Å²) in [6, 6.07) is 10.8. The number of anilines is 1. The molecule has 1 unspecified atom stereocenters. The van der Waals surface area contributed by atoms with Gasteiger partial charge in [0.2, 0.25) is 5.91 Å². The van der Waals surface area contributed by atoms with Crippen molar-refractivity contribution in [3.8, 4) is 0 Å². The molecule has 7 nitrogen and oxygen atoms in total. The van der Waals surface area contributed by atoms with Gasteiger partial charge in [0.1, 0.15) is 18.2 Å². The fourth-order valence-corrected chi connectivity index (χ4v) is 4.63. The number of aryl methyl sites for hydroxylation is 4. The van der Waals surface area contributed by atoms with Crippen LogP contribution < -0.4 is 10.6 Å². The fraction of sp³-hybridized carbons (Fsp3) is 0.483. The van der Waals surface area contributed by atoms with E-state index in [2.05, 4.69) is 10.6 Å². The predicted molar refractivity (Wildman–Crippen MR) is 142 cm³/mol. The Labute approximate surface area is 214 Å². The first-order chi connectivity index (χ1) is 16.9. The molecule has 1 aliphatic carbocycles. The average molecular weight is 494 g/mol. The van der Waals surface area contributed by atoms with Crippen LogP contribution in [0.2, 0.25) is 0 Å². The molecular formula is C29H39N3O4. The summed E-state index contributed by atoms with van der Waals surface area (Å²) in [6.07, 6.45) is 1.96. The lowest BCUT2D eigenvalue weighted by Crippen LogP contribution is -2.53. The topological polar surface area (TPSA) is 87.7 Å². The standard InChI is InChI=1S/C29H39N3O4/c1-18-11-8-12-19(2)24(18)26(27(34)31-25-20(3)13-9-14-21(25)4)32(22-15-10-16-22)23(33)17-30-28(35)36-29(5,6)7/h8-9,11-14,22,26H,10,15-17H2,1-7H3,(H,30,35)(H,31,34). The number of rotatable bonds is 7. The number of nitrogens with one attached hydrogen (secondary N) is 2. The van der Waals surface area contributed by atoms with Crippen molar-refractivity contribution in [1.29, 1.82) is 0 Å². The zero-order valence-electron chi connectivity index (χ0n) is 22.5. The minimum Gasteiger partial charge on any atom is -0.444 e. The quantitative estimate of drug-likeness (QED) is 0.533. The molecule has 0 aromatic heterocycles. The highest BCUT2D eigenvalue weighted by Crippen LogP contribution is 2.36. The van der Waals surface area contributed by atoms with Gasteiger partial charge >= 0.3 is 6.09 Å². The van der Waals surface area contributed by atoms with E-state index >= 15 is 0 Å². The minimum atomic E-state index is -0.830. The van der Waals surface area contributed by atoms with Gasteiger partial charge in [0.15, 0.2) is 0 Å². The first-order valence-electron chi connectivity index (χ1n) is 12.6. The number of nitrogens with zero attached hydrogens (tertiary/aromatic N) is 1. The van der Waals surface area contributed by atoms with E-state index in [1.54, 1.807) is 25.7 Å². The summed E-state index contributed by atoms with van der Waals surface area (Å²) in [7, 11) is 0. The highest BCUT2D eigenvalue weighted by Gasteiger charge is 2.40. The fourth-order valence-electron chi connectivity index (χ4n) is 4.63. The molecule has 36 heavy (non-hydrogen) atoms. The van der Waals surface area contributed by atoms with Crippen LogP contribution in [-0.4, -0.2) is 41.0 Å². The van der Waals surface area contributed by atoms with Crippen molar-refractivity contribution in [1.82, 2.24) is 10.2 Å². The normalized spacial score (nSPS) is 14.4. The second-order valence-corrected chi connectivity index (χ2v) is 10.7. The van der Waals surface area contributed by atoms with E-state index in [4.69, 9.17) is 4.74 Å². The summed E-state index contributed by atoms with van der Waals surface area (Å²) >= 11 is 0.